The summed E-state index contributed by atoms with van der Waals surface area (Å²) in [5.41, 5.74) is -0.346. The minimum atomic E-state index is -3.71. The molecule has 2 saturated heterocycles. The molecule has 0 bridgehead atoms. The van der Waals surface area contributed by atoms with Crippen LogP contribution in [0.1, 0.15) is 25.7 Å². The lowest BCUT2D eigenvalue weighted by Crippen LogP contribution is -2.54. The zero-order valence-electron chi connectivity index (χ0n) is 17.4. The van der Waals surface area contributed by atoms with Crippen molar-refractivity contribution in [1.29, 1.82) is 0 Å². The zero-order valence-corrected chi connectivity index (χ0v) is 18.2. The van der Waals surface area contributed by atoms with Gasteiger partial charge in [0, 0.05) is 45.3 Å². The maximum Gasteiger partial charge on any atom is 0.251 e. The van der Waals surface area contributed by atoms with E-state index in [2.05, 4.69) is 0 Å². The van der Waals surface area contributed by atoms with E-state index in [1.54, 1.807) is 31.4 Å². The van der Waals surface area contributed by atoms with E-state index in [0.717, 1.165) is 12.8 Å². The van der Waals surface area contributed by atoms with Crippen molar-refractivity contribution >= 4 is 15.9 Å². The highest BCUT2D eigenvalue weighted by atomic mass is 32.2. The van der Waals surface area contributed by atoms with Crippen LogP contribution in [-0.2, 0) is 24.3 Å². The van der Waals surface area contributed by atoms with E-state index in [0.29, 0.717) is 58.0 Å². The molecule has 1 amide bonds. The van der Waals surface area contributed by atoms with Gasteiger partial charge in [-0.1, -0.05) is 12.1 Å². The van der Waals surface area contributed by atoms with Crippen molar-refractivity contribution in [2.45, 2.75) is 36.7 Å². The van der Waals surface area contributed by atoms with Crippen molar-refractivity contribution in [3.05, 3.63) is 24.3 Å². The molecule has 0 aliphatic carbocycles. The van der Waals surface area contributed by atoms with E-state index in [4.69, 9.17) is 14.2 Å². The Labute approximate surface area is 178 Å². The number of para-hydroxylation sites is 1. The normalized spacial score (nSPS) is 25.9. The summed E-state index contributed by atoms with van der Waals surface area (Å²) in [5.74, 6) is 0.445. The first-order valence-corrected chi connectivity index (χ1v) is 12.0. The van der Waals surface area contributed by atoms with Crippen LogP contribution in [0.25, 0.3) is 0 Å². The quantitative estimate of drug-likeness (QED) is 0.708. The highest BCUT2D eigenvalue weighted by Crippen LogP contribution is 2.39. The van der Waals surface area contributed by atoms with Gasteiger partial charge in [-0.2, -0.15) is 4.31 Å². The number of ether oxygens (including phenoxy) is 3. The first-order chi connectivity index (χ1) is 14.5. The van der Waals surface area contributed by atoms with Gasteiger partial charge >= 0.3 is 0 Å². The number of rotatable bonds is 4. The van der Waals surface area contributed by atoms with Gasteiger partial charge in [-0.05, 0) is 37.8 Å². The van der Waals surface area contributed by atoms with Crippen LogP contribution in [0.15, 0.2) is 29.2 Å². The van der Waals surface area contributed by atoms with E-state index in [9.17, 15) is 13.2 Å². The lowest BCUT2D eigenvalue weighted by atomic mass is 9.78. The summed E-state index contributed by atoms with van der Waals surface area (Å²) in [6, 6.07) is 6.79. The molecule has 0 unspecified atom stereocenters. The summed E-state index contributed by atoms with van der Waals surface area (Å²) < 4.78 is 45.0. The summed E-state index contributed by atoms with van der Waals surface area (Å²) in [6.45, 7) is 3.20. The van der Waals surface area contributed by atoms with Crippen molar-refractivity contribution < 1.29 is 27.4 Å². The fourth-order valence-corrected chi connectivity index (χ4v) is 6.20. The molecule has 166 valence electrons. The van der Waals surface area contributed by atoms with Gasteiger partial charge in [0.25, 0.3) is 5.91 Å². The van der Waals surface area contributed by atoms with Crippen LogP contribution in [-0.4, -0.2) is 82.7 Å². The standard InChI is InChI=1S/C21H30N2O6S/c1-27-14-12-23-15-21(16-29-17-5-2-3-7-19(17)30(23,25)26)8-10-22(11-9-21)20(24)18-6-4-13-28-18/h2-3,5,7,18H,4,6,8-16H2,1H3/t18-/m0/s1. The van der Waals surface area contributed by atoms with E-state index in [1.165, 1.54) is 4.31 Å². The summed E-state index contributed by atoms with van der Waals surface area (Å²) >= 11 is 0. The third-order valence-electron chi connectivity index (χ3n) is 6.40. The molecule has 3 aliphatic heterocycles. The SMILES string of the molecule is COCCN1CC2(CCN(C(=O)[C@@H]3CCCO3)CC2)COc2ccccc2S1(=O)=O. The van der Waals surface area contributed by atoms with E-state index < -0.39 is 10.0 Å². The molecule has 3 aliphatic rings. The Kier molecular flexibility index (Phi) is 6.34. The van der Waals surface area contributed by atoms with Gasteiger partial charge in [-0.3, -0.25) is 4.79 Å². The van der Waals surface area contributed by atoms with E-state index >= 15 is 0 Å². The van der Waals surface area contributed by atoms with Crippen molar-refractivity contribution in [2.24, 2.45) is 5.41 Å². The molecular formula is C21H30N2O6S. The second-order valence-electron chi connectivity index (χ2n) is 8.39. The zero-order chi connectivity index (χ0) is 21.2. The van der Waals surface area contributed by atoms with Crippen LogP contribution >= 0.6 is 0 Å². The second kappa shape index (κ2) is 8.82. The highest BCUT2D eigenvalue weighted by molar-refractivity contribution is 7.89. The summed E-state index contributed by atoms with van der Waals surface area (Å²) in [4.78, 5) is 14.8. The van der Waals surface area contributed by atoms with Gasteiger partial charge in [0.2, 0.25) is 10.0 Å². The lowest BCUT2D eigenvalue weighted by Gasteiger charge is -2.45. The average Bonchev–Trinajstić information content (AvgIpc) is 3.30. The predicted octanol–water partition coefficient (Wildman–Crippen LogP) is 1.50. The first kappa shape index (κ1) is 21.5. The number of hydrogen-bond donors (Lipinski definition) is 0. The van der Waals surface area contributed by atoms with Crippen molar-refractivity contribution in [3.63, 3.8) is 0 Å². The molecule has 8 nitrogen and oxygen atoms in total. The third-order valence-corrected chi connectivity index (χ3v) is 8.28. The topological polar surface area (TPSA) is 85.4 Å². The van der Waals surface area contributed by atoms with Gasteiger partial charge < -0.3 is 19.1 Å². The van der Waals surface area contributed by atoms with Gasteiger partial charge in [-0.25, -0.2) is 8.42 Å². The molecule has 2 fully saturated rings. The van der Waals surface area contributed by atoms with Crippen LogP contribution in [0.3, 0.4) is 0 Å². The number of benzene rings is 1. The molecule has 1 atom stereocenters. The fourth-order valence-electron chi connectivity index (χ4n) is 4.53. The molecule has 3 heterocycles. The number of likely N-dealkylation sites (tertiary alicyclic amines) is 1. The Balaban J connectivity index is 1.55. The molecule has 1 spiro atoms. The molecule has 0 saturated carbocycles. The van der Waals surface area contributed by atoms with E-state index in [-0.39, 0.29) is 28.9 Å². The Bertz CT molecular complexity index is 860. The summed E-state index contributed by atoms with van der Waals surface area (Å²) in [7, 11) is -2.14. The highest BCUT2D eigenvalue weighted by Gasteiger charge is 2.44. The predicted molar refractivity (Wildman–Crippen MR) is 110 cm³/mol. The molecule has 0 N–H and O–H groups in total. The maximum atomic E-state index is 13.4. The smallest absolute Gasteiger partial charge is 0.251 e. The van der Waals surface area contributed by atoms with Gasteiger partial charge in [-0.15, -0.1) is 0 Å². The molecule has 30 heavy (non-hydrogen) atoms. The largest absolute Gasteiger partial charge is 0.492 e. The van der Waals surface area contributed by atoms with E-state index in [1.807, 2.05) is 4.90 Å². The molecule has 0 radical (unpaired) electrons. The van der Waals surface area contributed by atoms with Crippen molar-refractivity contribution in [1.82, 2.24) is 9.21 Å². The van der Waals surface area contributed by atoms with Crippen LogP contribution in [0.2, 0.25) is 0 Å². The number of piperidine rings is 1. The number of amides is 1. The van der Waals surface area contributed by atoms with Crippen molar-refractivity contribution in [2.75, 3.05) is 53.1 Å². The Morgan fingerprint density at radius 2 is 2.03 bits per heavy atom. The fraction of sp³-hybridized carbons (Fsp3) is 0.667. The van der Waals surface area contributed by atoms with Gasteiger partial charge in [0.1, 0.15) is 16.7 Å². The maximum absolute atomic E-state index is 13.4. The minimum Gasteiger partial charge on any atom is -0.492 e. The van der Waals surface area contributed by atoms with Gasteiger partial charge in [0.15, 0.2) is 0 Å². The molecular weight excluding hydrogens is 408 g/mol. The lowest BCUT2D eigenvalue weighted by molar-refractivity contribution is -0.143. The summed E-state index contributed by atoms with van der Waals surface area (Å²) in [5, 5.41) is 0. The molecule has 0 aromatic heterocycles. The minimum absolute atomic E-state index is 0.0586. The molecule has 4 rings (SSSR count). The van der Waals surface area contributed by atoms with Crippen LogP contribution in [0.4, 0.5) is 0 Å². The second-order valence-corrected chi connectivity index (χ2v) is 10.3. The van der Waals surface area contributed by atoms with Gasteiger partial charge in [0.05, 0.1) is 13.2 Å². The molecule has 1 aromatic carbocycles. The number of fused-ring (bicyclic) bond motifs is 1. The van der Waals surface area contributed by atoms with Crippen molar-refractivity contribution in [3.8, 4) is 5.75 Å². The van der Waals surface area contributed by atoms with Crippen LogP contribution in [0.5, 0.6) is 5.75 Å². The number of nitrogens with zero attached hydrogens (tertiary/aromatic N) is 2. The number of sulfonamides is 1. The van der Waals surface area contributed by atoms with Crippen LogP contribution < -0.4 is 4.74 Å². The number of methoxy groups -OCH3 is 1. The average molecular weight is 439 g/mol. The monoisotopic (exact) mass is 438 g/mol. The Morgan fingerprint density at radius 1 is 1.27 bits per heavy atom. The third kappa shape index (κ3) is 4.21. The molecule has 9 heteroatoms. The number of carbonyl (C=O) groups excluding carboxylic acids is 1. The summed E-state index contributed by atoms with van der Waals surface area (Å²) in [6.07, 6.45) is 2.76. The molecule has 1 aromatic rings. The number of hydrogen-bond acceptors (Lipinski definition) is 6. The van der Waals surface area contributed by atoms with Crippen LogP contribution in [0, 0.1) is 5.41 Å². The number of carbonyl (C=O) groups is 1. The Morgan fingerprint density at radius 3 is 2.73 bits per heavy atom. The first-order valence-electron chi connectivity index (χ1n) is 10.6. The Hall–Kier alpha value is -1.68.